The minimum Gasteiger partial charge on any atom is -0.354 e. The van der Waals surface area contributed by atoms with Gasteiger partial charge in [-0.1, -0.05) is 40.5 Å². The largest absolute Gasteiger partial charge is 0.354 e. The molecule has 21 heavy (non-hydrogen) atoms. The fraction of sp³-hybridized carbons (Fsp3) is 0.812. The number of carbonyl (C=O) groups is 2. The predicted octanol–water partition coefficient (Wildman–Crippen LogP) is 2.33. The van der Waals surface area contributed by atoms with E-state index >= 15 is 0 Å². The van der Waals surface area contributed by atoms with Crippen LogP contribution in [0.2, 0.25) is 0 Å². The van der Waals surface area contributed by atoms with Gasteiger partial charge in [-0.25, -0.2) is 0 Å². The third-order valence-electron chi connectivity index (χ3n) is 3.41. The van der Waals surface area contributed by atoms with Crippen LogP contribution in [-0.2, 0) is 9.59 Å². The van der Waals surface area contributed by atoms with E-state index in [1.807, 2.05) is 27.7 Å². The van der Waals surface area contributed by atoms with Crippen molar-refractivity contribution in [2.45, 2.75) is 53.4 Å². The van der Waals surface area contributed by atoms with Gasteiger partial charge in [0.05, 0.1) is 12.6 Å². The minimum atomic E-state index is -0.990. The van der Waals surface area contributed by atoms with Gasteiger partial charge in [-0.05, 0) is 18.8 Å². The summed E-state index contributed by atoms with van der Waals surface area (Å²) in [5.74, 6) is -0.0545. The molecule has 0 aliphatic carbocycles. The molecular weight excluding hydrogens is 266 g/mol. The van der Waals surface area contributed by atoms with E-state index in [0.717, 1.165) is 12.8 Å². The maximum absolute atomic E-state index is 12.6. The van der Waals surface area contributed by atoms with E-state index in [0.29, 0.717) is 25.3 Å². The molecule has 0 fully saturated rings. The van der Waals surface area contributed by atoms with Gasteiger partial charge in [0.2, 0.25) is 11.8 Å². The van der Waals surface area contributed by atoms with E-state index < -0.39 is 5.41 Å². The highest BCUT2D eigenvalue weighted by molar-refractivity contribution is 5.89. The van der Waals surface area contributed by atoms with Gasteiger partial charge in [-0.2, -0.15) is 5.26 Å². The fourth-order valence-corrected chi connectivity index (χ4v) is 2.38. The van der Waals surface area contributed by atoms with Crippen molar-refractivity contribution in [3.05, 3.63) is 0 Å². The van der Waals surface area contributed by atoms with E-state index in [1.54, 1.807) is 7.05 Å². The smallest absolute Gasteiger partial charge is 0.243 e. The lowest BCUT2D eigenvalue weighted by atomic mass is 9.79. The SMILES string of the molecule is CCCC(C#N)(CCC)C(=O)N(C)CC(=O)NCC(C)C. The van der Waals surface area contributed by atoms with Crippen molar-refractivity contribution in [1.29, 1.82) is 5.26 Å². The number of hydrogen-bond donors (Lipinski definition) is 1. The molecule has 5 nitrogen and oxygen atoms in total. The lowest BCUT2D eigenvalue weighted by Crippen LogP contribution is -2.46. The predicted molar refractivity (Wildman–Crippen MR) is 83.3 cm³/mol. The first-order valence-corrected chi connectivity index (χ1v) is 7.76. The molecule has 0 aromatic heterocycles. The Morgan fingerprint density at radius 2 is 1.76 bits per heavy atom. The summed E-state index contributed by atoms with van der Waals surface area (Å²) in [4.78, 5) is 25.8. The molecule has 0 aliphatic rings. The Morgan fingerprint density at radius 1 is 1.24 bits per heavy atom. The number of rotatable bonds is 9. The standard InChI is InChI=1S/C16H29N3O2/c1-6-8-16(12-17,9-7-2)15(21)19(5)11-14(20)18-10-13(3)4/h13H,6-11H2,1-5H3,(H,18,20). The molecule has 0 saturated heterocycles. The number of hydrogen-bond acceptors (Lipinski definition) is 3. The van der Waals surface area contributed by atoms with Crippen LogP contribution in [0, 0.1) is 22.7 Å². The number of carbonyl (C=O) groups excluding carboxylic acids is 2. The molecule has 0 aromatic rings. The van der Waals surface area contributed by atoms with Gasteiger partial charge in [0.1, 0.15) is 5.41 Å². The highest BCUT2D eigenvalue weighted by Gasteiger charge is 2.39. The average molecular weight is 295 g/mol. The first-order valence-electron chi connectivity index (χ1n) is 7.76. The van der Waals surface area contributed by atoms with E-state index in [1.165, 1.54) is 4.90 Å². The Kier molecular flexibility index (Phi) is 8.68. The van der Waals surface area contributed by atoms with Gasteiger partial charge < -0.3 is 10.2 Å². The first kappa shape index (κ1) is 19.4. The van der Waals surface area contributed by atoms with Crippen molar-refractivity contribution < 1.29 is 9.59 Å². The zero-order chi connectivity index (χ0) is 16.5. The second kappa shape index (κ2) is 9.38. The molecule has 5 heteroatoms. The van der Waals surface area contributed by atoms with Crippen molar-refractivity contribution in [3.8, 4) is 6.07 Å². The molecule has 0 heterocycles. The summed E-state index contributed by atoms with van der Waals surface area (Å²) in [7, 11) is 1.59. The Morgan fingerprint density at radius 3 is 2.14 bits per heavy atom. The highest BCUT2D eigenvalue weighted by Crippen LogP contribution is 2.31. The molecule has 0 saturated carbocycles. The Labute approximate surface area is 128 Å². The van der Waals surface area contributed by atoms with Crippen LogP contribution < -0.4 is 5.32 Å². The quantitative estimate of drug-likeness (QED) is 0.709. The van der Waals surface area contributed by atoms with Gasteiger partial charge >= 0.3 is 0 Å². The third-order valence-corrected chi connectivity index (χ3v) is 3.41. The van der Waals surface area contributed by atoms with Crippen molar-refractivity contribution in [1.82, 2.24) is 10.2 Å². The molecule has 2 amide bonds. The van der Waals surface area contributed by atoms with Crippen LogP contribution in [0.3, 0.4) is 0 Å². The Bertz CT molecular complexity index is 379. The normalized spacial score (nSPS) is 11.1. The van der Waals surface area contributed by atoms with Crippen LogP contribution in [0.1, 0.15) is 53.4 Å². The Balaban J connectivity index is 4.78. The maximum atomic E-state index is 12.6. The summed E-state index contributed by atoms with van der Waals surface area (Å²) in [5, 5.41) is 12.3. The number of nitrogens with one attached hydrogen (secondary N) is 1. The summed E-state index contributed by atoms with van der Waals surface area (Å²) < 4.78 is 0. The van der Waals surface area contributed by atoms with Crippen LogP contribution in [0.5, 0.6) is 0 Å². The number of nitriles is 1. The second-order valence-corrected chi connectivity index (χ2v) is 6.05. The molecule has 120 valence electrons. The van der Waals surface area contributed by atoms with Crippen molar-refractivity contribution in [3.63, 3.8) is 0 Å². The minimum absolute atomic E-state index is 0.00239. The molecule has 0 aliphatic heterocycles. The monoisotopic (exact) mass is 295 g/mol. The molecule has 0 aromatic carbocycles. The summed E-state index contributed by atoms with van der Waals surface area (Å²) in [6, 6.07) is 2.20. The summed E-state index contributed by atoms with van der Waals surface area (Å²) in [6.07, 6.45) is 2.61. The van der Waals surface area contributed by atoms with Crippen LogP contribution in [-0.4, -0.2) is 36.9 Å². The van der Waals surface area contributed by atoms with Crippen LogP contribution >= 0.6 is 0 Å². The molecule has 0 bridgehead atoms. The lowest BCUT2D eigenvalue weighted by molar-refractivity contribution is -0.141. The molecular formula is C16H29N3O2. The average Bonchev–Trinajstić information content (AvgIpc) is 2.43. The lowest BCUT2D eigenvalue weighted by Gasteiger charge is -2.29. The van der Waals surface area contributed by atoms with Gasteiger partial charge in [-0.15, -0.1) is 0 Å². The van der Waals surface area contributed by atoms with E-state index in [9.17, 15) is 14.9 Å². The van der Waals surface area contributed by atoms with Crippen molar-refractivity contribution in [2.24, 2.45) is 11.3 Å². The van der Waals surface area contributed by atoms with E-state index in [-0.39, 0.29) is 18.4 Å². The van der Waals surface area contributed by atoms with E-state index in [2.05, 4.69) is 11.4 Å². The first-order chi connectivity index (χ1) is 9.82. The molecule has 0 spiro atoms. The van der Waals surface area contributed by atoms with Gasteiger partial charge in [0.25, 0.3) is 0 Å². The number of likely N-dealkylation sites (N-methyl/N-ethyl adjacent to an activating group) is 1. The van der Waals surface area contributed by atoms with Gasteiger partial charge in [0, 0.05) is 13.6 Å². The van der Waals surface area contributed by atoms with Gasteiger partial charge in [-0.3, -0.25) is 9.59 Å². The zero-order valence-corrected chi connectivity index (χ0v) is 14.0. The summed E-state index contributed by atoms with van der Waals surface area (Å²) in [5.41, 5.74) is -0.990. The zero-order valence-electron chi connectivity index (χ0n) is 14.0. The molecule has 0 atom stereocenters. The molecule has 0 rings (SSSR count). The molecule has 0 radical (unpaired) electrons. The summed E-state index contributed by atoms with van der Waals surface area (Å²) in [6.45, 7) is 8.54. The third kappa shape index (κ3) is 6.16. The van der Waals surface area contributed by atoms with E-state index in [4.69, 9.17) is 0 Å². The molecule has 1 N–H and O–H groups in total. The summed E-state index contributed by atoms with van der Waals surface area (Å²) >= 11 is 0. The second-order valence-electron chi connectivity index (χ2n) is 6.05. The van der Waals surface area contributed by atoms with Gasteiger partial charge in [0.15, 0.2) is 0 Å². The van der Waals surface area contributed by atoms with Crippen LogP contribution in [0.4, 0.5) is 0 Å². The fourth-order valence-electron chi connectivity index (χ4n) is 2.38. The molecule has 0 unspecified atom stereocenters. The number of amides is 2. The maximum Gasteiger partial charge on any atom is 0.243 e. The number of nitrogens with zero attached hydrogens (tertiary/aromatic N) is 2. The van der Waals surface area contributed by atoms with Crippen molar-refractivity contribution in [2.75, 3.05) is 20.1 Å². The topological polar surface area (TPSA) is 73.2 Å². The van der Waals surface area contributed by atoms with Crippen LogP contribution in [0.15, 0.2) is 0 Å². The van der Waals surface area contributed by atoms with Crippen molar-refractivity contribution >= 4 is 11.8 Å². The Hall–Kier alpha value is -1.57. The van der Waals surface area contributed by atoms with Crippen LogP contribution in [0.25, 0.3) is 0 Å². The highest BCUT2D eigenvalue weighted by atomic mass is 16.2.